The molecule has 6 nitrogen and oxygen atoms in total. The molecule has 2 aliphatic heterocycles. The first kappa shape index (κ1) is 22.1. The van der Waals surface area contributed by atoms with Gasteiger partial charge in [0, 0.05) is 51.5 Å². The van der Waals surface area contributed by atoms with Gasteiger partial charge in [0.2, 0.25) is 5.91 Å². The topological polar surface area (TPSA) is 65.5 Å². The third kappa shape index (κ3) is 5.39. The number of hydrogen-bond acceptors (Lipinski definition) is 3. The van der Waals surface area contributed by atoms with E-state index >= 15 is 0 Å². The van der Waals surface area contributed by atoms with Crippen LogP contribution in [0, 0.1) is 11.3 Å². The lowest BCUT2D eigenvalue weighted by Crippen LogP contribution is -2.41. The minimum Gasteiger partial charge on any atom is -0.343 e. The van der Waals surface area contributed by atoms with Crippen LogP contribution in [0.4, 0.5) is 4.79 Å². The van der Waals surface area contributed by atoms with Crippen molar-refractivity contribution in [2.75, 3.05) is 19.6 Å². The first-order valence-corrected chi connectivity index (χ1v) is 12.3. The molecule has 3 heterocycles. The second-order valence-electron chi connectivity index (χ2n) is 9.85. The number of carbonyl (C=O) groups is 2. The van der Waals surface area contributed by atoms with Gasteiger partial charge in [-0.1, -0.05) is 39.0 Å². The summed E-state index contributed by atoms with van der Waals surface area (Å²) in [5.74, 6) is 0.915. The van der Waals surface area contributed by atoms with Crippen molar-refractivity contribution in [3.05, 3.63) is 29.6 Å². The van der Waals surface area contributed by atoms with E-state index in [0.717, 1.165) is 44.5 Å². The lowest BCUT2D eigenvalue weighted by Gasteiger charge is -2.33. The van der Waals surface area contributed by atoms with E-state index in [1.165, 1.54) is 44.1 Å². The molecule has 1 atom stereocenters. The van der Waals surface area contributed by atoms with Gasteiger partial charge in [0.15, 0.2) is 0 Å². The Kier molecular flexibility index (Phi) is 7.13. The van der Waals surface area contributed by atoms with Crippen LogP contribution >= 0.6 is 0 Å². The number of piperidine rings is 1. The van der Waals surface area contributed by atoms with Crippen LogP contribution in [0.3, 0.4) is 0 Å². The Morgan fingerprint density at radius 2 is 1.81 bits per heavy atom. The molecule has 3 amide bonds. The first-order chi connectivity index (χ1) is 15.1. The van der Waals surface area contributed by atoms with Crippen LogP contribution in [0.15, 0.2) is 18.5 Å². The number of pyridine rings is 1. The van der Waals surface area contributed by atoms with Crippen molar-refractivity contribution in [3.8, 4) is 0 Å². The molecule has 1 unspecified atom stereocenters. The van der Waals surface area contributed by atoms with E-state index in [9.17, 15) is 9.59 Å². The lowest BCUT2D eigenvalue weighted by molar-refractivity contribution is -0.133. The normalized spacial score (nSPS) is 21.3. The van der Waals surface area contributed by atoms with Crippen molar-refractivity contribution >= 4 is 11.9 Å². The van der Waals surface area contributed by atoms with Gasteiger partial charge in [-0.2, -0.15) is 0 Å². The average molecular weight is 427 g/mol. The highest BCUT2D eigenvalue weighted by Crippen LogP contribution is 2.59. The predicted octanol–water partition coefficient (Wildman–Crippen LogP) is 4.49. The van der Waals surface area contributed by atoms with E-state index in [1.54, 1.807) is 6.20 Å². The summed E-state index contributed by atoms with van der Waals surface area (Å²) in [4.78, 5) is 33.2. The maximum absolute atomic E-state index is 12.6. The van der Waals surface area contributed by atoms with E-state index in [-0.39, 0.29) is 6.03 Å². The van der Waals surface area contributed by atoms with Gasteiger partial charge in [-0.3, -0.25) is 9.78 Å². The van der Waals surface area contributed by atoms with Crippen molar-refractivity contribution in [3.63, 3.8) is 0 Å². The van der Waals surface area contributed by atoms with Gasteiger partial charge in [-0.15, -0.1) is 0 Å². The minimum absolute atomic E-state index is 0.0322. The third-order valence-corrected chi connectivity index (χ3v) is 7.73. The summed E-state index contributed by atoms with van der Waals surface area (Å²) in [5.41, 5.74) is 2.71. The molecule has 1 saturated carbocycles. The van der Waals surface area contributed by atoms with Crippen LogP contribution < -0.4 is 5.32 Å². The Balaban J connectivity index is 1.11. The van der Waals surface area contributed by atoms with E-state index in [0.29, 0.717) is 36.8 Å². The molecular formula is C25H38N4O2. The van der Waals surface area contributed by atoms with Crippen LogP contribution in [0.1, 0.15) is 82.3 Å². The zero-order valence-electron chi connectivity index (χ0n) is 19.1. The Morgan fingerprint density at radius 1 is 1.06 bits per heavy atom. The molecule has 0 radical (unpaired) electrons. The van der Waals surface area contributed by atoms with Gasteiger partial charge in [-0.05, 0) is 54.2 Å². The van der Waals surface area contributed by atoms with Crippen LogP contribution in [-0.4, -0.2) is 46.4 Å². The Bertz CT molecular complexity index is 748. The lowest BCUT2D eigenvalue weighted by atomic mass is 9.90. The number of nitrogens with zero attached hydrogens (tertiary/aromatic N) is 3. The highest BCUT2D eigenvalue weighted by Gasteiger charge is 2.54. The zero-order chi connectivity index (χ0) is 21.7. The standard InChI is InChI=1S/C25H38N4O2/c1-2-3-4-5-6-7-8-23(30)28-13-10-25(11-14-28)15-22(25)17-27-24(31)29-18-20-9-12-26-16-21(20)19-29/h9,12,16,22H,2-8,10-11,13-15,17-19H2,1H3,(H,27,31). The second-order valence-corrected chi connectivity index (χ2v) is 9.85. The molecule has 0 bridgehead atoms. The van der Waals surface area contributed by atoms with E-state index in [4.69, 9.17) is 0 Å². The van der Waals surface area contributed by atoms with Crippen molar-refractivity contribution in [1.29, 1.82) is 0 Å². The van der Waals surface area contributed by atoms with Gasteiger partial charge in [-0.25, -0.2) is 4.79 Å². The number of unbranched alkanes of at least 4 members (excludes halogenated alkanes) is 5. The highest BCUT2D eigenvalue weighted by atomic mass is 16.2. The number of carbonyl (C=O) groups excluding carboxylic acids is 2. The molecule has 31 heavy (non-hydrogen) atoms. The number of aromatic nitrogens is 1. The van der Waals surface area contributed by atoms with Crippen LogP contribution in [-0.2, 0) is 17.9 Å². The molecule has 1 aliphatic carbocycles. The van der Waals surface area contributed by atoms with E-state index in [1.807, 2.05) is 17.2 Å². The number of urea groups is 1. The van der Waals surface area contributed by atoms with Crippen LogP contribution in [0.2, 0.25) is 0 Å². The number of amides is 3. The maximum atomic E-state index is 12.6. The second kappa shape index (κ2) is 10.0. The number of likely N-dealkylation sites (tertiary alicyclic amines) is 1. The summed E-state index contributed by atoms with van der Waals surface area (Å²) in [6, 6.07) is 2.03. The Labute approximate surface area is 186 Å². The van der Waals surface area contributed by atoms with E-state index < -0.39 is 0 Å². The largest absolute Gasteiger partial charge is 0.343 e. The minimum atomic E-state index is 0.0322. The van der Waals surface area contributed by atoms with Crippen molar-refractivity contribution in [2.45, 2.75) is 84.2 Å². The molecule has 1 spiro atoms. The smallest absolute Gasteiger partial charge is 0.318 e. The SMILES string of the molecule is CCCCCCCCC(=O)N1CCC2(CC1)CC2CNC(=O)N1Cc2ccncc2C1. The quantitative estimate of drug-likeness (QED) is 0.592. The summed E-state index contributed by atoms with van der Waals surface area (Å²) < 4.78 is 0. The van der Waals surface area contributed by atoms with Gasteiger partial charge < -0.3 is 15.1 Å². The number of rotatable bonds is 9. The summed E-state index contributed by atoms with van der Waals surface area (Å²) in [5, 5.41) is 3.16. The summed E-state index contributed by atoms with van der Waals surface area (Å²) >= 11 is 0. The van der Waals surface area contributed by atoms with Crippen molar-refractivity contribution in [2.24, 2.45) is 11.3 Å². The number of hydrogen-bond donors (Lipinski definition) is 1. The molecule has 0 aromatic carbocycles. The van der Waals surface area contributed by atoms with Crippen molar-refractivity contribution < 1.29 is 9.59 Å². The number of nitrogens with one attached hydrogen (secondary N) is 1. The molecule has 2 fully saturated rings. The Morgan fingerprint density at radius 3 is 2.58 bits per heavy atom. The maximum Gasteiger partial charge on any atom is 0.318 e. The predicted molar refractivity (Wildman–Crippen MR) is 121 cm³/mol. The highest BCUT2D eigenvalue weighted by molar-refractivity contribution is 5.76. The fraction of sp³-hybridized carbons (Fsp3) is 0.720. The molecule has 1 aromatic heterocycles. The van der Waals surface area contributed by atoms with Crippen LogP contribution in [0.5, 0.6) is 0 Å². The van der Waals surface area contributed by atoms with Gasteiger partial charge in [0.05, 0.1) is 0 Å². The molecule has 1 aromatic rings. The number of fused-ring (bicyclic) bond motifs is 1. The fourth-order valence-corrected chi connectivity index (χ4v) is 5.43. The summed E-state index contributed by atoms with van der Waals surface area (Å²) in [7, 11) is 0. The van der Waals surface area contributed by atoms with E-state index in [2.05, 4.69) is 22.1 Å². The van der Waals surface area contributed by atoms with Gasteiger partial charge in [0.1, 0.15) is 0 Å². The summed E-state index contributed by atoms with van der Waals surface area (Å²) in [6.07, 6.45) is 15.1. The monoisotopic (exact) mass is 426 g/mol. The summed E-state index contributed by atoms with van der Waals surface area (Å²) in [6.45, 7) is 6.11. The molecule has 170 valence electrons. The van der Waals surface area contributed by atoms with Gasteiger partial charge in [0.25, 0.3) is 0 Å². The molecule has 1 N–H and O–H groups in total. The van der Waals surface area contributed by atoms with Crippen LogP contribution in [0.25, 0.3) is 0 Å². The van der Waals surface area contributed by atoms with Crippen molar-refractivity contribution in [1.82, 2.24) is 20.1 Å². The van der Waals surface area contributed by atoms with Gasteiger partial charge >= 0.3 is 6.03 Å². The molecule has 1 saturated heterocycles. The molecule has 6 heteroatoms. The Hall–Kier alpha value is -2.11. The first-order valence-electron chi connectivity index (χ1n) is 12.3. The molecule has 4 rings (SSSR count). The average Bonchev–Trinajstić information content (AvgIpc) is 3.26. The molecule has 3 aliphatic rings. The molecular weight excluding hydrogens is 388 g/mol. The third-order valence-electron chi connectivity index (χ3n) is 7.73. The zero-order valence-corrected chi connectivity index (χ0v) is 19.1. The fourth-order valence-electron chi connectivity index (χ4n) is 5.43.